The molecule has 1 amide bonds. The van der Waals surface area contributed by atoms with E-state index in [-0.39, 0.29) is 10.8 Å². The Balaban J connectivity index is 1.65. The molecule has 1 aliphatic rings. The van der Waals surface area contributed by atoms with Gasteiger partial charge in [0.1, 0.15) is 0 Å². The molecule has 1 saturated carbocycles. The summed E-state index contributed by atoms with van der Waals surface area (Å²) in [6.07, 6.45) is 4.86. The molecule has 0 radical (unpaired) electrons. The van der Waals surface area contributed by atoms with Crippen molar-refractivity contribution < 1.29 is 4.79 Å². The molecule has 5 nitrogen and oxygen atoms in total. The third kappa shape index (κ3) is 3.98. The van der Waals surface area contributed by atoms with Crippen LogP contribution in [0.1, 0.15) is 31.4 Å². The van der Waals surface area contributed by atoms with Gasteiger partial charge >= 0.3 is 4.87 Å². The number of rotatable bonds is 5. The fourth-order valence-corrected chi connectivity index (χ4v) is 2.61. The van der Waals surface area contributed by atoms with Crippen molar-refractivity contribution >= 4 is 17.2 Å². The van der Waals surface area contributed by atoms with Crippen LogP contribution in [0.5, 0.6) is 0 Å². The number of amides is 1. The Morgan fingerprint density at radius 1 is 1.47 bits per heavy atom. The van der Waals surface area contributed by atoms with Crippen LogP contribution in [0.15, 0.2) is 10.2 Å². The third-order valence-electron chi connectivity index (χ3n) is 2.95. The Bertz CT molecular complexity index is 420. The van der Waals surface area contributed by atoms with Crippen LogP contribution < -0.4 is 15.5 Å². The average Bonchev–Trinajstić information content (AvgIpc) is 2.95. The number of carbonyl (C=O) groups excluding carboxylic acids is 1. The monoisotopic (exact) mass is 255 g/mol. The molecule has 0 bridgehead atoms. The van der Waals surface area contributed by atoms with Gasteiger partial charge in [0.05, 0.1) is 13.1 Å². The SMILES string of the molecule is O=C(CNC1CCCC1)NCc1csc(=O)[nH]1. The third-order valence-corrected chi connectivity index (χ3v) is 3.67. The summed E-state index contributed by atoms with van der Waals surface area (Å²) in [5.74, 6) is -0.0241. The minimum atomic E-state index is -0.0849. The van der Waals surface area contributed by atoms with E-state index in [4.69, 9.17) is 0 Å². The van der Waals surface area contributed by atoms with Gasteiger partial charge < -0.3 is 15.6 Å². The molecule has 2 rings (SSSR count). The number of hydrogen-bond acceptors (Lipinski definition) is 4. The standard InChI is InChI=1S/C11H17N3O2S/c15-10(6-12-8-3-1-2-4-8)13-5-9-7-17-11(16)14-9/h7-8,12H,1-6H2,(H,13,15)(H,14,16). The van der Waals surface area contributed by atoms with E-state index in [0.717, 1.165) is 17.0 Å². The van der Waals surface area contributed by atoms with E-state index in [9.17, 15) is 9.59 Å². The maximum Gasteiger partial charge on any atom is 0.304 e. The predicted octanol–water partition coefficient (Wildman–Crippen LogP) is 0.585. The van der Waals surface area contributed by atoms with Gasteiger partial charge in [0.25, 0.3) is 0 Å². The van der Waals surface area contributed by atoms with Crippen LogP contribution in [0.2, 0.25) is 0 Å². The summed E-state index contributed by atoms with van der Waals surface area (Å²) >= 11 is 1.11. The summed E-state index contributed by atoms with van der Waals surface area (Å²) < 4.78 is 0. The molecule has 0 saturated heterocycles. The maximum atomic E-state index is 11.5. The molecule has 6 heteroatoms. The van der Waals surface area contributed by atoms with E-state index in [1.807, 2.05) is 0 Å². The van der Waals surface area contributed by atoms with Crippen molar-refractivity contribution in [1.29, 1.82) is 0 Å². The highest BCUT2D eigenvalue weighted by molar-refractivity contribution is 7.07. The summed E-state index contributed by atoms with van der Waals surface area (Å²) in [6.45, 7) is 0.753. The second-order valence-electron chi connectivity index (χ2n) is 4.31. The van der Waals surface area contributed by atoms with Gasteiger partial charge in [-0.25, -0.2) is 0 Å². The molecular formula is C11H17N3O2S. The molecule has 0 unspecified atom stereocenters. The van der Waals surface area contributed by atoms with Crippen LogP contribution in [-0.2, 0) is 11.3 Å². The molecule has 0 atom stereocenters. The number of thiazole rings is 1. The van der Waals surface area contributed by atoms with E-state index < -0.39 is 0 Å². The van der Waals surface area contributed by atoms with Crippen molar-refractivity contribution in [2.45, 2.75) is 38.3 Å². The van der Waals surface area contributed by atoms with Gasteiger partial charge in [-0.15, -0.1) is 0 Å². The van der Waals surface area contributed by atoms with Gasteiger partial charge in [-0.3, -0.25) is 9.59 Å². The molecule has 1 aromatic rings. The smallest absolute Gasteiger partial charge is 0.304 e. The van der Waals surface area contributed by atoms with Crippen LogP contribution in [0.25, 0.3) is 0 Å². The first kappa shape index (κ1) is 12.3. The normalized spacial score (nSPS) is 16.2. The Hall–Kier alpha value is -1.14. The lowest BCUT2D eigenvalue weighted by atomic mass is 10.2. The topological polar surface area (TPSA) is 74.0 Å². The van der Waals surface area contributed by atoms with E-state index in [1.165, 1.54) is 25.7 Å². The summed E-state index contributed by atoms with van der Waals surface area (Å²) in [7, 11) is 0. The van der Waals surface area contributed by atoms with Crippen LogP contribution in [0.4, 0.5) is 0 Å². The lowest BCUT2D eigenvalue weighted by Crippen LogP contribution is -2.37. The molecule has 1 fully saturated rings. The van der Waals surface area contributed by atoms with Crippen molar-refractivity contribution in [2.24, 2.45) is 0 Å². The fraction of sp³-hybridized carbons (Fsp3) is 0.636. The molecule has 1 aromatic heterocycles. The zero-order valence-electron chi connectivity index (χ0n) is 9.62. The Labute approximate surface area is 104 Å². The minimum absolute atomic E-state index is 0.0241. The molecular weight excluding hydrogens is 238 g/mol. The van der Waals surface area contributed by atoms with Gasteiger partial charge in [-0.05, 0) is 12.8 Å². The second kappa shape index (κ2) is 5.97. The van der Waals surface area contributed by atoms with E-state index in [2.05, 4.69) is 15.6 Å². The van der Waals surface area contributed by atoms with Crippen LogP contribution in [0, 0.1) is 0 Å². The van der Waals surface area contributed by atoms with Crippen LogP contribution in [0.3, 0.4) is 0 Å². The minimum Gasteiger partial charge on any atom is -0.349 e. The first-order chi connectivity index (χ1) is 8.24. The lowest BCUT2D eigenvalue weighted by Gasteiger charge is -2.11. The molecule has 3 N–H and O–H groups in total. The van der Waals surface area contributed by atoms with Crippen LogP contribution in [-0.4, -0.2) is 23.5 Å². The number of nitrogens with one attached hydrogen (secondary N) is 3. The maximum absolute atomic E-state index is 11.5. The number of aromatic nitrogens is 1. The summed E-state index contributed by atoms with van der Waals surface area (Å²) in [5.41, 5.74) is 0.759. The largest absolute Gasteiger partial charge is 0.349 e. The fourth-order valence-electron chi connectivity index (χ4n) is 2.02. The number of aromatic amines is 1. The first-order valence-electron chi connectivity index (χ1n) is 5.91. The molecule has 1 aliphatic carbocycles. The van der Waals surface area contributed by atoms with Gasteiger partial charge in [-0.1, -0.05) is 24.2 Å². The highest BCUT2D eigenvalue weighted by atomic mass is 32.1. The molecule has 1 heterocycles. The van der Waals surface area contributed by atoms with E-state index in [1.54, 1.807) is 5.38 Å². The van der Waals surface area contributed by atoms with E-state index in [0.29, 0.717) is 19.1 Å². The second-order valence-corrected chi connectivity index (χ2v) is 5.15. The van der Waals surface area contributed by atoms with Crippen molar-refractivity contribution in [3.05, 3.63) is 20.7 Å². The first-order valence-corrected chi connectivity index (χ1v) is 6.79. The summed E-state index contributed by atoms with van der Waals surface area (Å²) in [6, 6.07) is 0.502. The van der Waals surface area contributed by atoms with Crippen molar-refractivity contribution in [2.75, 3.05) is 6.54 Å². The zero-order chi connectivity index (χ0) is 12.1. The molecule has 17 heavy (non-hydrogen) atoms. The van der Waals surface area contributed by atoms with Gasteiger partial charge in [0, 0.05) is 17.1 Å². The summed E-state index contributed by atoms with van der Waals surface area (Å²) in [4.78, 5) is 25.0. The predicted molar refractivity (Wildman–Crippen MR) is 67.0 cm³/mol. The quantitative estimate of drug-likeness (QED) is 0.720. The zero-order valence-corrected chi connectivity index (χ0v) is 10.4. The van der Waals surface area contributed by atoms with Crippen molar-refractivity contribution in [3.63, 3.8) is 0 Å². The highest BCUT2D eigenvalue weighted by Gasteiger charge is 2.15. The molecule has 0 aliphatic heterocycles. The van der Waals surface area contributed by atoms with Crippen molar-refractivity contribution in [3.8, 4) is 0 Å². The number of hydrogen-bond donors (Lipinski definition) is 3. The molecule has 0 spiro atoms. The summed E-state index contributed by atoms with van der Waals surface area (Å²) in [5, 5.41) is 7.74. The number of H-pyrrole nitrogens is 1. The molecule has 0 aromatic carbocycles. The lowest BCUT2D eigenvalue weighted by molar-refractivity contribution is -0.120. The van der Waals surface area contributed by atoms with Gasteiger partial charge in [0.15, 0.2) is 0 Å². The average molecular weight is 255 g/mol. The highest BCUT2D eigenvalue weighted by Crippen LogP contribution is 2.17. The van der Waals surface area contributed by atoms with Crippen LogP contribution >= 0.6 is 11.3 Å². The van der Waals surface area contributed by atoms with Gasteiger partial charge in [-0.2, -0.15) is 0 Å². The number of carbonyl (C=O) groups is 1. The Morgan fingerprint density at radius 3 is 2.88 bits per heavy atom. The Morgan fingerprint density at radius 2 is 2.24 bits per heavy atom. The Kier molecular flexibility index (Phi) is 4.33. The molecule has 94 valence electrons. The van der Waals surface area contributed by atoms with Gasteiger partial charge in [0.2, 0.25) is 5.91 Å². The van der Waals surface area contributed by atoms with Crippen molar-refractivity contribution in [1.82, 2.24) is 15.6 Å². The van der Waals surface area contributed by atoms with E-state index >= 15 is 0 Å².